The molecule has 7 aromatic carbocycles. The third-order valence-electron chi connectivity index (χ3n) is 10.7. The van der Waals surface area contributed by atoms with Gasteiger partial charge in [-0.25, -0.2) is 0 Å². The van der Waals surface area contributed by atoms with Gasteiger partial charge < -0.3 is 9.80 Å². The van der Waals surface area contributed by atoms with Crippen molar-refractivity contribution in [2.45, 2.75) is 48.5 Å². The average molecular weight is 693 g/mol. The molecule has 3 heteroatoms. The van der Waals surface area contributed by atoms with Crippen molar-refractivity contribution in [3.63, 3.8) is 0 Å². The molecule has 0 aliphatic rings. The molecular formula is C49H44N2S. The van der Waals surface area contributed by atoms with E-state index in [1.54, 1.807) is 0 Å². The van der Waals surface area contributed by atoms with Gasteiger partial charge in [0.25, 0.3) is 0 Å². The fraction of sp³-hybridized carbons (Fsp3) is 0.143. The summed E-state index contributed by atoms with van der Waals surface area (Å²) in [5.74, 6) is 0. The van der Waals surface area contributed by atoms with Crippen LogP contribution in [0.4, 0.5) is 34.1 Å². The highest BCUT2D eigenvalue weighted by Crippen LogP contribution is 2.42. The van der Waals surface area contributed by atoms with E-state index >= 15 is 0 Å². The van der Waals surface area contributed by atoms with Crippen LogP contribution in [-0.4, -0.2) is 0 Å². The zero-order chi connectivity index (χ0) is 36.1. The van der Waals surface area contributed by atoms with Crippen LogP contribution in [0, 0.1) is 48.5 Å². The molecule has 0 spiro atoms. The second-order valence-electron chi connectivity index (χ2n) is 14.4. The van der Waals surface area contributed by atoms with Gasteiger partial charge >= 0.3 is 0 Å². The van der Waals surface area contributed by atoms with E-state index < -0.39 is 0 Å². The lowest BCUT2D eigenvalue weighted by atomic mass is 10.0. The summed E-state index contributed by atoms with van der Waals surface area (Å²) in [6, 6.07) is 52.0. The van der Waals surface area contributed by atoms with Gasteiger partial charge in [-0.05, 0) is 184 Å². The maximum absolute atomic E-state index is 2.39. The van der Waals surface area contributed by atoms with Crippen LogP contribution in [0.1, 0.15) is 38.9 Å². The van der Waals surface area contributed by atoms with E-state index in [0.717, 1.165) is 22.7 Å². The third kappa shape index (κ3) is 6.27. The Morgan fingerprint density at radius 3 is 1.08 bits per heavy atom. The first-order valence-electron chi connectivity index (χ1n) is 18.1. The van der Waals surface area contributed by atoms with Gasteiger partial charge in [0.15, 0.2) is 0 Å². The van der Waals surface area contributed by atoms with Crippen LogP contribution >= 0.6 is 11.3 Å². The summed E-state index contributed by atoms with van der Waals surface area (Å²) in [6.07, 6.45) is 0. The molecule has 8 rings (SSSR count). The molecule has 8 aromatic rings. The summed E-state index contributed by atoms with van der Waals surface area (Å²) in [5, 5.41) is 2.64. The van der Waals surface area contributed by atoms with Crippen LogP contribution in [0.2, 0.25) is 0 Å². The Kier molecular flexibility index (Phi) is 8.69. The summed E-state index contributed by atoms with van der Waals surface area (Å²) < 4.78 is 2.65. The Morgan fingerprint density at radius 1 is 0.308 bits per heavy atom. The summed E-state index contributed by atoms with van der Waals surface area (Å²) in [5.41, 5.74) is 18.3. The number of aryl methyl sites for hydroxylation is 7. The predicted molar refractivity (Wildman–Crippen MR) is 227 cm³/mol. The highest BCUT2D eigenvalue weighted by Gasteiger charge is 2.17. The quantitative estimate of drug-likeness (QED) is 0.164. The Morgan fingerprint density at radius 2 is 0.654 bits per heavy atom. The van der Waals surface area contributed by atoms with Crippen molar-refractivity contribution in [2.24, 2.45) is 0 Å². The van der Waals surface area contributed by atoms with Gasteiger partial charge in [-0.3, -0.25) is 0 Å². The molecule has 0 aliphatic heterocycles. The number of fused-ring (bicyclic) bond motifs is 3. The molecule has 52 heavy (non-hydrogen) atoms. The molecule has 0 N–H and O–H groups in total. The van der Waals surface area contributed by atoms with Crippen LogP contribution in [0.3, 0.4) is 0 Å². The standard InChI is InChI=1S/C49H44N2S/c1-31-8-24-48-46(26-31)47-30-45(23-25-49(47)52-48)51(44-18-11-34(4)37(7)29-44)41-21-14-39(15-22-41)38-12-19-40(20-13-38)50(42-16-9-32(2)35(5)27-42)43-17-10-33(3)36(6)28-43/h8-30H,1-7H3. The van der Waals surface area contributed by atoms with Crippen molar-refractivity contribution in [1.82, 2.24) is 0 Å². The van der Waals surface area contributed by atoms with E-state index in [-0.39, 0.29) is 0 Å². The second kappa shape index (κ2) is 13.5. The molecule has 0 bridgehead atoms. The average Bonchev–Trinajstić information content (AvgIpc) is 3.51. The molecule has 0 saturated heterocycles. The molecule has 0 radical (unpaired) electrons. The van der Waals surface area contributed by atoms with Crippen molar-refractivity contribution >= 4 is 65.6 Å². The molecular weight excluding hydrogens is 649 g/mol. The summed E-state index contributed by atoms with van der Waals surface area (Å²) in [4.78, 5) is 4.76. The van der Waals surface area contributed by atoms with E-state index in [1.807, 2.05) is 11.3 Å². The van der Waals surface area contributed by atoms with Gasteiger partial charge in [0.2, 0.25) is 0 Å². The molecule has 256 valence electrons. The molecule has 0 amide bonds. The van der Waals surface area contributed by atoms with Crippen molar-refractivity contribution in [1.29, 1.82) is 0 Å². The van der Waals surface area contributed by atoms with Gasteiger partial charge in [0, 0.05) is 54.3 Å². The smallest absolute Gasteiger partial charge is 0.0468 e. The first-order valence-corrected chi connectivity index (χ1v) is 18.9. The number of nitrogens with zero attached hydrogens (tertiary/aromatic N) is 2. The van der Waals surface area contributed by atoms with Crippen molar-refractivity contribution < 1.29 is 0 Å². The van der Waals surface area contributed by atoms with E-state index in [0.29, 0.717) is 0 Å². The second-order valence-corrected chi connectivity index (χ2v) is 15.4. The number of hydrogen-bond acceptors (Lipinski definition) is 3. The molecule has 0 aliphatic carbocycles. The summed E-state index contributed by atoms with van der Waals surface area (Å²) in [6.45, 7) is 15.3. The fourth-order valence-electron chi connectivity index (χ4n) is 7.11. The lowest BCUT2D eigenvalue weighted by molar-refractivity contribution is 1.23. The molecule has 0 fully saturated rings. The largest absolute Gasteiger partial charge is 0.310 e. The SMILES string of the molecule is Cc1ccc2sc3ccc(N(c4ccc(-c5ccc(N(c6ccc(C)c(C)c6)c6ccc(C)c(C)c6)cc5)cc4)c4ccc(C)c(C)c4)cc3c2c1. The maximum atomic E-state index is 2.39. The molecule has 0 atom stereocenters. The van der Waals surface area contributed by atoms with Gasteiger partial charge in [0.05, 0.1) is 0 Å². The van der Waals surface area contributed by atoms with E-state index in [2.05, 4.69) is 198 Å². The van der Waals surface area contributed by atoms with Crippen molar-refractivity contribution in [2.75, 3.05) is 9.80 Å². The van der Waals surface area contributed by atoms with Gasteiger partial charge in [-0.2, -0.15) is 0 Å². The number of thiophene rings is 1. The molecule has 1 heterocycles. The number of rotatable bonds is 7. The summed E-state index contributed by atoms with van der Waals surface area (Å²) >= 11 is 1.87. The lowest BCUT2D eigenvalue weighted by Crippen LogP contribution is -2.11. The molecule has 1 aromatic heterocycles. The highest BCUT2D eigenvalue weighted by atomic mass is 32.1. The Balaban J connectivity index is 1.16. The van der Waals surface area contributed by atoms with E-state index in [9.17, 15) is 0 Å². The monoisotopic (exact) mass is 692 g/mol. The zero-order valence-electron chi connectivity index (χ0n) is 31.1. The lowest BCUT2D eigenvalue weighted by Gasteiger charge is -2.27. The van der Waals surface area contributed by atoms with Gasteiger partial charge in [-0.15, -0.1) is 11.3 Å². The highest BCUT2D eigenvalue weighted by molar-refractivity contribution is 7.25. The predicted octanol–water partition coefficient (Wildman–Crippen LogP) is 14.8. The Bertz CT molecular complexity index is 2540. The number of anilines is 6. The van der Waals surface area contributed by atoms with Crippen molar-refractivity contribution in [3.05, 3.63) is 178 Å². The van der Waals surface area contributed by atoms with E-state index in [4.69, 9.17) is 0 Å². The first kappa shape index (κ1) is 33.5. The maximum Gasteiger partial charge on any atom is 0.0468 e. The Labute approximate surface area is 312 Å². The first-order chi connectivity index (χ1) is 25.1. The molecule has 0 saturated carbocycles. The van der Waals surface area contributed by atoms with Gasteiger partial charge in [-0.1, -0.05) is 54.1 Å². The van der Waals surface area contributed by atoms with Crippen LogP contribution < -0.4 is 9.80 Å². The minimum Gasteiger partial charge on any atom is -0.310 e. The Hall–Kier alpha value is -5.64. The number of benzene rings is 7. The van der Waals surface area contributed by atoms with Crippen LogP contribution in [0.25, 0.3) is 31.3 Å². The zero-order valence-corrected chi connectivity index (χ0v) is 31.9. The molecule has 0 unspecified atom stereocenters. The minimum absolute atomic E-state index is 1.13. The molecule has 2 nitrogen and oxygen atoms in total. The fourth-order valence-corrected chi connectivity index (χ4v) is 8.18. The van der Waals surface area contributed by atoms with Crippen molar-refractivity contribution in [3.8, 4) is 11.1 Å². The van der Waals surface area contributed by atoms with Crippen LogP contribution in [0.15, 0.2) is 140 Å². The normalized spacial score (nSPS) is 11.4. The van der Waals surface area contributed by atoms with E-state index in [1.165, 1.54) is 81.6 Å². The van der Waals surface area contributed by atoms with Crippen LogP contribution in [0.5, 0.6) is 0 Å². The minimum atomic E-state index is 1.13. The number of hydrogen-bond donors (Lipinski definition) is 0. The van der Waals surface area contributed by atoms with Crippen LogP contribution in [-0.2, 0) is 0 Å². The third-order valence-corrected chi connectivity index (χ3v) is 11.8. The topological polar surface area (TPSA) is 6.48 Å². The summed E-state index contributed by atoms with van der Waals surface area (Å²) in [7, 11) is 0. The van der Waals surface area contributed by atoms with Gasteiger partial charge in [0.1, 0.15) is 0 Å².